The van der Waals surface area contributed by atoms with E-state index in [1.54, 1.807) is 0 Å². The first-order valence-corrected chi connectivity index (χ1v) is 9.88. The minimum Gasteiger partial charge on any atom is -0.301 e. The summed E-state index contributed by atoms with van der Waals surface area (Å²) in [5, 5.41) is 7.22. The van der Waals surface area contributed by atoms with Gasteiger partial charge in [-0.3, -0.25) is 5.01 Å². The van der Waals surface area contributed by atoms with E-state index in [0.717, 1.165) is 17.6 Å². The number of hydrogen-bond donors (Lipinski definition) is 0. The van der Waals surface area contributed by atoms with Gasteiger partial charge in [0.2, 0.25) is 0 Å². The molecule has 1 atom stereocenters. The van der Waals surface area contributed by atoms with E-state index in [1.807, 2.05) is 0 Å². The van der Waals surface area contributed by atoms with Crippen molar-refractivity contribution in [2.75, 3.05) is 29.1 Å². The number of anilines is 1. The van der Waals surface area contributed by atoms with Crippen LogP contribution in [0.15, 0.2) is 35.4 Å². The quantitative estimate of drug-likeness (QED) is 0.493. The summed E-state index contributed by atoms with van der Waals surface area (Å²) < 4.78 is 2.32. The molecule has 0 aromatic heterocycles. The second-order valence-electron chi connectivity index (χ2n) is 6.52. The molecule has 2 bridgehead atoms. The van der Waals surface area contributed by atoms with Gasteiger partial charge >= 0.3 is 0 Å². The molecule has 1 aromatic rings. The fraction of sp³-hybridized carbons (Fsp3) is 0.562. The molecule has 4 aliphatic heterocycles. The predicted molar refractivity (Wildman–Crippen MR) is 99.6 cm³/mol. The molecule has 5 rings (SSSR count). The Bertz CT molecular complexity index is 568. The van der Waals surface area contributed by atoms with Gasteiger partial charge in [0.25, 0.3) is 0 Å². The summed E-state index contributed by atoms with van der Waals surface area (Å²) in [5.74, 6) is 0. The molecule has 3 nitrogen and oxygen atoms in total. The maximum Gasteiger partial charge on any atom is 0.106 e. The van der Waals surface area contributed by atoms with Gasteiger partial charge in [0.05, 0.1) is 11.2 Å². The monoisotopic (exact) mass is 459 g/mol. The second-order valence-corrected chi connectivity index (χ2v) is 8.20. The standard InChI is InChI=1S/C16H19BrIN3/c17-14-10-16(21(19-14)13-4-2-1-3-5-13)12-20-8-6-15(16,11-18)7-9-20/h1-5H,6-12H2. The van der Waals surface area contributed by atoms with Crippen LogP contribution >= 0.6 is 38.5 Å². The van der Waals surface area contributed by atoms with Crippen LogP contribution in [0.4, 0.5) is 5.69 Å². The Morgan fingerprint density at radius 3 is 2.57 bits per heavy atom. The molecule has 4 heterocycles. The van der Waals surface area contributed by atoms with Crippen molar-refractivity contribution in [1.29, 1.82) is 0 Å². The number of para-hydroxylation sites is 1. The molecular formula is C16H19BrIN3. The number of rotatable bonds is 2. The number of fused-ring (bicyclic) bond motifs is 2. The van der Waals surface area contributed by atoms with Gasteiger partial charge in [-0.1, -0.05) is 40.8 Å². The van der Waals surface area contributed by atoms with Crippen molar-refractivity contribution in [2.24, 2.45) is 10.5 Å². The molecule has 4 aliphatic rings. The Labute approximate surface area is 148 Å². The van der Waals surface area contributed by atoms with E-state index >= 15 is 0 Å². The lowest BCUT2D eigenvalue weighted by atomic mass is 9.60. The second kappa shape index (κ2) is 5.20. The van der Waals surface area contributed by atoms with E-state index < -0.39 is 0 Å². The van der Waals surface area contributed by atoms with Gasteiger partial charge in [-0.25, -0.2) is 0 Å². The third-order valence-corrected chi connectivity index (χ3v) is 7.49. The molecule has 1 unspecified atom stereocenters. The molecule has 0 saturated carbocycles. The minimum absolute atomic E-state index is 0.130. The molecule has 21 heavy (non-hydrogen) atoms. The maximum absolute atomic E-state index is 4.88. The highest BCUT2D eigenvalue weighted by molar-refractivity contribution is 14.1. The molecule has 5 heteroatoms. The molecule has 0 radical (unpaired) electrons. The van der Waals surface area contributed by atoms with E-state index in [-0.39, 0.29) is 5.54 Å². The summed E-state index contributed by atoms with van der Waals surface area (Å²) in [6.45, 7) is 3.65. The first-order valence-electron chi connectivity index (χ1n) is 7.56. The summed E-state index contributed by atoms with van der Waals surface area (Å²) in [5.41, 5.74) is 1.74. The molecule has 3 fully saturated rings. The Morgan fingerprint density at radius 1 is 1.19 bits per heavy atom. The number of hydrogen-bond acceptors (Lipinski definition) is 3. The fourth-order valence-corrected chi connectivity index (χ4v) is 6.46. The lowest BCUT2D eigenvalue weighted by molar-refractivity contribution is -0.0332. The molecule has 0 N–H and O–H groups in total. The van der Waals surface area contributed by atoms with E-state index in [2.05, 4.69) is 78.8 Å². The van der Waals surface area contributed by atoms with Crippen molar-refractivity contribution in [3.05, 3.63) is 30.3 Å². The van der Waals surface area contributed by atoms with Crippen LogP contribution in [-0.2, 0) is 0 Å². The molecule has 0 amide bonds. The molecule has 112 valence electrons. The van der Waals surface area contributed by atoms with Gasteiger partial charge in [-0.2, -0.15) is 5.10 Å². The Balaban J connectivity index is 1.82. The lowest BCUT2D eigenvalue weighted by Gasteiger charge is -2.61. The number of hydrazone groups is 1. The number of piperidine rings is 3. The fourth-order valence-electron chi connectivity index (χ4n) is 4.37. The number of alkyl halides is 1. The summed E-state index contributed by atoms with van der Waals surface area (Å²) in [7, 11) is 0. The van der Waals surface area contributed by atoms with Gasteiger partial charge < -0.3 is 4.90 Å². The summed E-state index contributed by atoms with van der Waals surface area (Å²) in [6.07, 6.45) is 3.64. The van der Waals surface area contributed by atoms with Crippen LogP contribution in [0.3, 0.4) is 0 Å². The van der Waals surface area contributed by atoms with Crippen LogP contribution in [0.2, 0.25) is 0 Å². The molecule has 3 saturated heterocycles. The molecule has 1 spiro atoms. The zero-order valence-corrected chi connectivity index (χ0v) is 15.7. The zero-order chi connectivity index (χ0) is 14.5. The Kier molecular flexibility index (Phi) is 3.58. The predicted octanol–water partition coefficient (Wildman–Crippen LogP) is 3.87. The van der Waals surface area contributed by atoms with Crippen molar-refractivity contribution in [2.45, 2.75) is 24.8 Å². The summed E-state index contributed by atoms with van der Waals surface area (Å²) >= 11 is 6.31. The first-order chi connectivity index (χ1) is 10.2. The molecular weight excluding hydrogens is 441 g/mol. The highest BCUT2D eigenvalue weighted by Crippen LogP contribution is 2.56. The van der Waals surface area contributed by atoms with E-state index in [1.165, 1.54) is 36.0 Å². The molecule has 1 aromatic carbocycles. The topological polar surface area (TPSA) is 18.8 Å². The van der Waals surface area contributed by atoms with Gasteiger partial charge in [-0.05, 0) is 54.0 Å². The average Bonchev–Trinajstić information content (AvgIpc) is 2.86. The molecule has 0 aliphatic carbocycles. The van der Waals surface area contributed by atoms with E-state index in [4.69, 9.17) is 5.10 Å². The van der Waals surface area contributed by atoms with Gasteiger partial charge in [0.1, 0.15) is 4.62 Å². The highest BCUT2D eigenvalue weighted by atomic mass is 127. The maximum atomic E-state index is 4.88. The summed E-state index contributed by atoms with van der Waals surface area (Å²) in [6, 6.07) is 10.7. The minimum atomic E-state index is 0.130. The third kappa shape index (κ3) is 2.03. The SMILES string of the molecule is BrC1=NN(c2ccccc2)C2(C1)CN1CCC2(CI)CC1. The zero-order valence-electron chi connectivity index (χ0n) is 11.9. The summed E-state index contributed by atoms with van der Waals surface area (Å²) in [4.78, 5) is 2.63. The Hall–Kier alpha value is -0.140. The van der Waals surface area contributed by atoms with Crippen LogP contribution < -0.4 is 5.01 Å². The smallest absolute Gasteiger partial charge is 0.106 e. The number of halogens is 2. The average molecular weight is 460 g/mol. The normalized spacial score (nSPS) is 38.1. The first kappa shape index (κ1) is 14.5. The van der Waals surface area contributed by atoms with Crippen LogP contribution in [0.1, 0.15) is 19.3 Å². The van der Waals surface area contributed by atoms with Crippen LogP contribution in [-0.4, -0.2) is 39.1 Å². The largest absolute Gasteiger partial charge is 0.301 e. The van der Waals surface area contributed by atoms with Crippen molar-refractivity contribution < 1.29 is 0 Å². The third-order valence-electron chi connectivity index (χ3n) is 5.59. The van der Waals surface area contributed by atoms with Gasteiger partial charge in [-0.15, -0.1) is 0 Å². The number of benzene rings is 1. The van der Waals surface area contributed by atoms with Crippen LogP contribution in [0.5, 0.6) is 0 Å². The van der Waals surface area contributed by atoms with Crippen molar-refractivity contribution >= 4 is 48.8 Å². The number of nitrogens with zero attached hydrogens (tertiary/aromatic N) is 3. The Morgan fingerprint density at radius 2 is 1.90 bits per heavy atom. The van der Waals surface area contributed by atoms with Crippen molar-refractivity contribution in [1.82, 2.24) is 4.90 Å². The van der Waals surface area contributed by atoms with E-state index in [9.17, 15) is 0 Å². The van der Waals surface area contributed by atoms with Crippen molar-refractivity contribution in [3.8, 4) is 0 Å². The van der Waals surface area contributed by atoms with Crippen LogP contribution in [0.25, 0.3) is 0 Å². The van der Waals surface area contributed by atoms with Gasteiger partial charge in [0, 0.05) is 22.8 Å². The van der Waals surface area contributed by atoms with Crippen LogP contribution in [0, 0.1) is 5.41 Å². The highest BCUT2D eigenvalue weighted by Gasteiger charge is 2.62. The van der Waals surface area contributed by atoms with E-state index in [0.29, 0.717) is 5.41 Å². The van der Waals surface area contributed by atoms with Gasteiger partial charge in [0.15, 0.2) is 0 Å². The van der Waals surface area contributed by atoms with Crippen molar-refractivity contribution in [3.63, 3.8) is 0 Å². The lowest BCUT2D eigenvalue weighted by Crippen LogP contribution is -2.71.